The SMILES string of the molecule is COc1ccc2c3c(cccc13)C13c4ccccc4-c4ccccc4C21c1ccccc1-c1ccccc13. The van der Waals surface area contributed by atoms with Gasteiger partial charge in [0.15, 0.2) is 0 Å². The molecule has 1 nitrogen and oxygen atoms in total. The van der Waals surface area contributed by atoms with Gasteiger partial charge in [-0.3, -0.25) is 0 Å². The molecule has 38 heavy (non-hydrogen) atoms. The number of fused-ring (bicyclic) bond motifs is 6. The molecular weight excluding hydrogens is 460 g/mol. The summed E-state index contributed by atoms with van der Waals surface area (Å²) in [6.07, 6.45) is 0. The summed E-state index contributed by atoms with van der Waals surface area (Å²) in [5.74, 6) is 0.928. The van der Waals surface area contributed by atoms with Gasteiger partial charge in [0, 0.05) is 5.39 Å². The van der Waals surface area contributed by atoms with E-state index in [1.54, 1.807) is 7.11 Å². The molecule has 3 aliphatic carbocycles. The van der Waals surface area contributed by atoms with Gasteiger partial charge in [-0.05, 0) is 67.1 Å². The molecule has 178 valence electrons. The third-order valence-corrected chi connectivity index (χ3v) is 9.50. The van der Waals surface area contributed by atoms with Gasteiger partial charge in [0.25, 0.3) is 0 Å². The zero-order chi connectivity index (χ0) is 25.1. The third kappa shape index (κ3) is 1.97. The monoisotopic (exact) mass is 484 g/mol. The molecule has 0 amide bonds. The van der Waals surface area contributed by atoms with Crippen molar-refractivity contribution in [3.8, 4) is 28.0 Å². The zero-order valence-corrected chi connectivity index (χ0v) is 21.0. The molecule has 0 aromatic heterocycles. The fourth-order valence-electron chi connectivity index (χ4n) is 8.45. The highest BCUT2D eigenvalue weighted by atomic mass is 16.5. The first-order valence-electron chi connectivity index (χ1n) is 13.3. The first-order chi connectivity index (χ1) is 18.8. The van der Waals surface area contributed by atoms with Crippen molar-refractivity contribution in [2.45, 2.75) is 10.8 Å². The summed E-state index contributed by atoms with van der Waals surface area (Å²) in [6.45, 7) is 0. The maximum Gasteiger partial charge on any atom is 0.126 e. The minimum Gasteiger partial charge on any atom is -0.496 e. The van der Waals surface area contributed by atoms with E-state index in [2.05, 4.69) is 127 Å². The van der Waals surface area contributed by atoms with Crippen LogP contribution >= 0.6 is 0 Å². The standard InChI is InChI=1S/C37H24O/c1-38-34-22-21-33-35-27(34)15-10-20-32(35)36-28-16-6-2-11-23(28)25-13-4-8-18-30(25)37(33,36)31-19-9-5-14-26(31)24-12-3-7-17-29(24)36/h2-22H,1H3. The number of methoxy groups -OCH3 is 1. The van der Waals surface area contributed by atoms with Crippen molar-refractivity contribution in [2.75, 3.05) is 7.11 Å². The number of hydrogen-bond acceptors (Lipinski definition) is 1. The van der Waals surface area contributed by atoms with Crippen molar-refractivity contribution in [1.82, 2.24) is 0 Å². The molecule has 0 spiro atoms. The minimum atomic E-state index is -0.420. The molecule has 0 saturated carbocycles. The summed E-state index contributed by atoms with van der Waals surface area (Å²) in [5.41, 5.74) is 12.7. The predicted octanol–water partition coefficient (Wildman–Crippen LogP) is 8.49. The third-order valence-electron chi connectivity index (χ3n) is 9.50. The Morgan fingerprint density at radius 3 is 1.24 bits per heavy atom. The summed E-state index contributed by atoms with van der Waals surface area (Å²) >= 11 is 0. The number of ether oxygens (including phenoxy) is 1. The predicted molar refractivity (Wildman–Crippen MR) is 154 cm³/mol. The molecule has 6 aromatic carbocycles. The van der Waals surface area contributed by atoms with Crippen LogP contribution in [0.4, 0.5) is 0 Å². The lowest BCUT2D eigenvalue weighted by Crippen LogP contribution is -2.54. The van der Waals surface area contributed by atoms with Crippen molar-refractivity contribution < 1.29 is 4.74 Å². The van der Waals surface area contributed by atoms with Crippen LogP contribution in [0.3, 0.4) is 0 Å². The second kappa shape index (κ2) is 6.82. The first kappa shape index (κ1) is 20.4. The first-order valence-corrected chi connectivity index (χ1v) is 13.3. The van der Waals surface area contributed by atoms with Crippen molar-refractivity contribution >= 4 is 10.8 Å². The highest BCUT2D eigenvalue weighted by Crippen LogP contribution is 2.74. The molecule has 0 N–H and O–H groups in total. The summed E-state index contributed by atoms with van der Waals surface area (Å²) in [6, 6.07) is 47.8. The van der Waals surface area contributed by atoms with E-state index in [1.807, 2.05) is 0 Å². The van der Waals surface area contributed by atoms with Crippen LogP contribution in [0, 0.1) is 0 Å². The van der Waals surface area contributed by atoms with E-state index in [0.29, 0.717) is 0 Å². The lowest BCUT2D eigenvalue weighted by molar-refractivity contribution is 0.419. The fraction of sp³-hybridized carbons (Fsp3) is 0.0811. The molecule has 9 rings (SSSR count). The molecule has 0 fully saturated rings. The normalized spacial score (nSPS) is 21.0. The lowest BCUT2D eigenvalue weighted by atomic mass is 9.43. The number of benzene rings is 6. The Labute approximate surface area is 222 Å². The van der Waals surface area contributed by atoms with E-state index in [0.717, 1.165) is 5.75 Å². The summed E-state index contributed by atoms with van der Waals surface area (Å²) in [7, 11) is 1.78. The Morgan fingerprint density at radius 1 is 0.395 bits per heavy atom. The van der Waals surface area contributed by atoms with E-state index < -0.39 is 10.8 Å². The van der Waals surface area contributed by atoms with E-state index in [4.69, 9.17) is 4.74 Å². The van der Waals surface area contributed by atoms with Crippen LogP contribution in [0.2, 0.25) is 0 Å². The Morgan fingerprint density at radius 2 is 0.789 bits per heavy atom. The van der Waals surface area contributed by atoms with Gasteiger partial charge < -0.3 is 4.74 Å². The Balaban J connectivity index is 1.66. The molecule has 0 atom stereocenters. The van der Waals surface area contributed by atoms with Crippen molar-refractivity contribution in [1.29, 1.82) is 0 Å². The topological polar surface area (TPSA) is 9.23 Å². The molecule has 0 aliphatic heterocycles. The van der Waals surface area contributed by atoms with Crippen LogP contribution < -0.4 is 4.74 Å². The van der Waals surface area contributed by atoms with E-state index in [-0.39, 0.29) is 0 Å². The summed E-state index contributed by atoms with van der Waals surface area (Å²) in [5, 5.41) is 2.51. The van der Waals surface area contributed by atoms with Crippen LogP contribution in [0.25, 0.3) is 33.0 Å². The second-order valence-electron chi connectivity index (χ2n) is 10.7. The molecule has 0 saturated heterocycles. The van der Waals surface area contributed by atoms with Crippen LogP contribution in [0.15, 0.2) is 127 Å². The molecule has 1 heteroatoms. The van der Waals surface area contributed by atoms with Crippen LogP contribution in [0.5, 0.6) is 5.75 Å². The Kier molecular flexibility index (Phi) is 3.67. The number of hydrogen-bond donors (Lipinski definition) is 0. The van der Waals surface area contributed by atoms with Gasteiger partial charge in [0.1, 0.15) is 5.75 Å². The van der Waals surface area contributed by atoms with Crippen molar-refractivity contribution in [3.05, 3.63) is 161 Å². The van der Waals surface area contributed by atoms with E-state index in [9.17, 15) is 0 Å². The van der Waals surface area contributed by atoms with Gasteiger partial charge in [-0.15, -0.1) is 0 Å². The summed E-state index contributed by atoms with van der Waals surface area (Å²) in [4.78, 5) is 0. The Hall–Kier alpha value is -4.62. The molecule has 0 radical (unpaired) electrons. The molecule has 0 unspecified atom stereocenters. The molecule has 6 aromatic rings. The van der Waals surface area contributed by atoms with Gasteiger partial charge in [-0.25, -0.2) is 0 Å². The van der Waals surface area contributed by atoms with Crippen LogP contribution in [0.1, 0.15) is 33.4 Å². The van der Waals surface area contributed by atoms with Crippen molar-refractivity contribution in [2.24, 2.45) is 0 Å². The van der Waals surface area contributed by atoms with Gasteiger partial charge in [0.2, 0.25) is 0 Å². The second-order valence-corrected chi connectivity index (χ2v) is 10.7. The van der Waals surface area contributed by atoms with Crippen LogP contribution in [-0.2, 0) is 10.8 Å². The van der Waals surface area contributed by atoms with Crippen molar-refractivity contribution in [3.63, 3.8) is 0 Å². The zero-order valence-electron chi connectivity index (χ0n) is 21.0. The fourth-order valence-corrected chi connectivity index (χ4v) is 8.45. The quantitative estimate of drug-likeness (QED) is 0.227. The van der Waals surface area contributed by atoms with Gasteiger partial charge >= 0.3 is 0 Å². The molecule has 0 bridgehead atoms. The largest absolute Gasteiger partial charge is 0.496 e. The minimum absolute atomic E-state index is 0.420. The maximum atomic E-state index is 5.95. The van der Waals surface area contributed by atoms with Gasteiger partial charge in [-0.1, -0.05) is 121 Å². The van der Waals surface area contributed by atoms with Crippen LogP contribution in [-0.4, -0.2) is 7.11 Å². The molecule has 3 aliphatic rings. The average molecular weight is 485 g/mol. The maximum absolute atomic E-state index is 5.95. The average Bonchev–Trinajstić information content (AvgIpc) is 3.28. The number of rotatable bonds is 1. The Bertz CT molecular complexity index is 1780. The van der Waals surface area contributed by atoms with Gasteiger partial charge in [-0.2, -0.15) is 0 Å². The van der Waals surface area contributed by atoms with Gasteiger partial charge in [0.05, 0.1) is 17.9 Å². The van der Waals surface area contributed by atoms with E-state index >= 15 is 0 Å². The highest BCUT2D eigenvalue weighted by molar-refractivity contribution is 6.06. The lowest BCUT2D eigenvalue weighted by Gasteiger charge is -2.56. The smallest absolute Gasteiger partial charge is 0.126 e. The highest BCUT2D eigenvalue weighted by Gasteiger charge is 2.67. The summed E-state index contributed by atoms with van der Waals surface area (Å²) < 4.78 is 5.95. The van der Waals surface area contributed by atoms with E-state index in [1.165, 1.54) is 66.4 Å². The molecular formula is C37H24O. The molecule has 0 heterocycles.